The Morgan fingerprint density at radius 1 is 1.09 bits per heavy atom. The summed E-state index contributed by atoms with van der Waals surface area (Å²) in [6.45, 7) is 0. The summed E-state index contributed by atoms with van der Waals surface area (Å²) in [5, 5.41) is 4.15. The van der Waals surface area contributed by atoms with E-state index in [-0.39, 0.29) is 22.2 Å². The standard InChI is InChI=1S/C17H17Cl2NO3/c18-11-7-10-8-13(17(22)23-15(10)14(19)9-11)16(21)20-12-5-3-1-2-4-6-12/h7-9,12H,1-6H2,(H,20,21). The van der Waals surface area contributed by atoms with Crippen LogP contribution < -0.4 is 10.9 Å². The summed E-state index contributed by atoms with van der Waals surface area (Å²) >= 11 is 12.0. The smallest absolute Gasteiger partial charge is 0.349 e. The van der Waals surface area contributed by atoms with Crippen LogP contribution in [0.3, 0.4) is 0 Å². The predicted octanol–water partition coefficient (Wildman–Crippen LogP) is 4.55. The van der Waals surface area contributed by atoms with Crippen LogP contribution in [0.5, 0.6) is 0 Å². The van der Waals surface area contributed by atoms with Gasteiger partial charge < -0.3 is 9.73 Å². The predicted molar refractivity (Wildman–Crippen MR) is 91.5 cm³/mol. The molecule has 0 spiro atoms. The maximum atomic E-state index is 12.4. The highest BCUT2D eigenvalue weighted by Gasteiger charge is 2.19. The summed E-state index contributed by atoms with van der Waals surface area (Å²) in [5.41, 5.74) is -0.458. The van der Waals surface area contributed by atoms with Gasteiger partial charge in [-0.1, -0.05) is 48.9 Å². The van der Waals surface area contributed by atoms with E-state index >= 15 is 0 Å². The van der Waals surface area contributed by atoms with Crippen molar-refractivity contribution in [2.24, 2.45) is 0 Å². The van der Waals surface area contributed by atoms with Gasteiger partial charge in [0.2, 0.25) is 0 Å². The average Bonchev–Trinajstić information content (AvgIpc) is 2.76. The van der Waals surface area contributed by atoms with Crippen LogP contribution in [0.15, 0.2) is 27.4 Å². The van der Waals surface area contributed by atoms with E-state index in [9.17, 15) is 9.59 Å². The first-order valence-electron chi connectivity index (χ1n) is 7.78. The number of hydrogen-bond acceptors (Lipinski definition) is 3. The Labute approximate surface area is 143 Å². The number of halogens is 2. The summed E-state index contributed by atoms with van der Waals surface area (Å²) in [7, 11) is 0. The molecule has 1 aliphatic carbocycles. The first kappa shape index (κ1) is 16.3. The SMILES string of the molecule is O=C(NC1CCCCCC1)c1cc2cc(Cl)cc(Cl)c2oc1=O. The molecule has 1 amide bonds. The van der Waals surface area contributed by atoms with Crippen molar-refractivity contribution in [1.29, 1.82) is 0 Å². The Morgan fingerprint density at radius 3 is 2.48 bits per heavy atom. The molecule has 1 fully saturated rings. The van der Waals surface area contributed by atoms with Crippen molar-refractivity contribution in [3.63, 3.8) is 0 Å². The van der Waals surface area contributed by atoms with Gasteiger partial charge >= 0.3 is 5.63 Å². The van der Waals surface area contributed by atoms with Gasteiger partial charge in [0.05, 0.1) is 5.02 Å². The maximum Gasteiger partial charge on any atom is 0.349 e. The van der Waals surface area contributed by atoms with Crippen LogP contribution in [0.4, 0.5) is 0 Å². The van der Waals surface area contributed by atoms with Crippen LogP contribution in [0.2, 0.25) is 10.0 Å². The fourth-order valence-corrected chi connectivity index (χ4v) is 3.55. The molecule has 1 aliphatic rings. The molecule has 1 heterocycles. The van der Waals surface area contributed by atoms with Crippen molar-refractivity contribution in [3.05, 3.63) is 44.2 Å². The van der Waals surface area contributed by atoms with Gasteiger partial charge in [-0.15, -0.1) is 0 Å². The van der Waals surface area contributed by atoms with Crippen molar-refractivity contribution < 1.29 is 9.21 Å². The van der Waals surface area contributed by atoms with Gasteiger partial charge in [-0.05, 0) is 31.0 Å². The summed E-state index contributed by atoms with van der Waals surface area (Å²) in [4.78, 5) is 24.5. The molecule has 0 unspecified atom stereocenters. The van der Waals surface area contributed by atoms with Gasteiger partial charge in [-0.3, -0.25) is 4.79 Å². The van der Waals surface area contributed by atoms with Crippen molar-refractivity contribution in [1.82, 2.24) is 5.32 Å². The van der Waals surface area contributed by atoms with Gasteiger partial charge in [-0.25, -0.2) is 4.79 Å². The van der Waals surface area contributed by atoms with Crippen molar-refractivity contribution in [3.8, 4) is 0 Å². The third-order valence-electron chi connectivity index (χ3n) is 4.19. The Kier molecular flexibility index (Phi) is 4.93. The second kappa shape index (κ2) is 6.93. The largest absolute Gasteiger partial charge is 0.421 e. The fourth-order valence-electron chi connectivity index (χ4n) is 3.00. The number of rotatable bonds is 2. The minimum absolute atomic E-state index is 0.0138. The topological polar surface area (TPSA) is 59.3 Å². The molecule has 0 atom stereocenters. The minimum atomic E-state index is -0.687. The molecule has 2 aromatic rings. The Hall–Kier alpha value is -1.52. The van der Waals surface area contributed by atoms with Gasteiger partial charge in [0.1, 0.15) is 5.56 Å². The molecule has 1 aromatic carbocycles. The van der Waals surface area contributed by atoms with Gasteiger partial charge in [0, 0.05) is 16.5 Å². The average molecular weight is 354 g/mol. The summed E-state index contributed by atoms with van der Waals surface area (Å²) in [6, 6.07) is 4.72. The molecule has 0 bridgehead atoms. The fraction of sp³-hybridized carbons (Fsp3) is 0.412. The van der Waals surface area contributed by atoms with Crippen LogP contribution in [0, 0.1) is 0 Å². The molecule has 3 rings (SSSR count). The Bertz CT molecular complexity index is 792. The third kappa shape index (κ3) is 3.70. The van der Waals surface area contributed by atoms with Crippen molar-refractivity contribution in [2.75, 3.05) is 0 Å². The highest BCUT2D eigenvalue weighted by Crippen LogP contribution is 2.27. The van der Waals surface area contributed by atoms with E-state index in [1.807, 2.05) is 0 Å². The van der Waals surface area contributed by atoms with E-state index in [1.54, 1.807) is 6.07 Å². The normalized spacial score (nSPS) is 16.3. The zero-order valence-electron chi connectivity index (χ0n) is 12.5. The number of benzene rings is 1. The number of carbonyl (C=O) groups is 1. The lowest BCUT2D eigenvalue weighted by Crippen LogP contribution is -2.36. The second-order valence-corrected chi connectivity index (χ2v) is 6.76. The highest BCUT2D eigenvalue weighted by atomic mass is 35.5. The number of nitrogens with one attached hydrogen (secondary N) is 1. The minimum Gasteiger partial charge on any atom is -0.421 e. The van der Waals surface area contributed by atoms with Crippen molar-refractivity contribution >= 4 is 40.1 Å². The molecule has 1 saturated carbocycles. The molecule has 1 N–H and O–H groups in total. The van der Waals surface area contributed by atoms with Gasteiger partial charge in [0.15, 0.2) is 5.58 Å². The van der Waals surface area contributed by atoms with Gasteiger partial charge in [0.25, 0.3) is 5.91 Å². The van der Waals surface area contributed by atoms with Crippen LogP contribution in [0.25, 0.3) is 11.0 Å². The molecule has 23 heavy (non-hydrogen) atoms. The third-order valence-corrected chi connectivity index (χ3v) is 4.69. The first-order valence-corrected chi connectivity index (χ1v) is 8.54. The number of fused-ring (bicyclic) bond motifs is 1. The zero-order chi connectivity index (χ0) is 16.4. The Balaban J connectivity index is 1.90. The first-order chi connectivity index (χ1) is 11.0. The molecule has 4 nitrogen and oxygen atoms in total. The van der Waals surface area contributed by atoms with Crippen molar-refractivity contribution in [2.45, 2.75) is 44.6 Å². The quantitative estimate of drug-likeness (QED) is 0.636. The molecule has 0 saturated heterocycles. The van der Waals surface area contributed by atoms with E-state index in [0.717, 1.165) is 25.7 Å². The molecule has 0 radical (unpaired) electrons. The van der Waals surface area contributed by atoms with E-state index in [4.69, 9.17) is 27.6 Å². The molecule has 1 aromatic heterocycles. The van der Waals surface area contributed by atoms with Crippen LogP contribution >= 0.6 is 23.2 Å². The lowest BCUT2D eigenvalue weighted by atomic mass is 10.1. The van der Waals surface area contributed by atoms with E-state index in [2.05, 4.69) is 5.32 Å². The zero-order valence-corrected chi connectivity index (χ0v) is 14.0. The van der Waals surface area contributed by atoms with Crippen LogP contribution in [-0.2, 0) is 0 Å². The van der Waals surface area contributed by atoms with Crippen LogP contribution in [-0.4, -0.2) is 11.9 Å². The molecule has 6 heteroatoms. The molecule has 122 valence electrons. The summed E-state index contributed by atoms with van der Waals surface area (Å²) < 4.78 is 5.21. The van der Waals surface area contributed by atoms with E-state index in [1.165, 1.54) is 25.0 Å². The van der Waals surface area contributed by atoms with Gasteiger partial charge in [-0.2, -0.15) is 0 Å². The van der Waals surface area contributed by atoms with Crippen LogP contribution in [0.1, 0.15) is 48.9 Å². The monoisotopic (exact) mass is 353 g/mol. The highest BCUT2D eigenvalue weighted by molar-refractivity contribution is 6.38. The van der Waals surface area contributed by atoms with E-state index in [0.29, 0.717) is 10.4 Å². The maximum absolute atomic E-state index is 12.4. The second-order valence-electron chi connectivity index (χ2n) is 5.92. The van der Waals surface area contributed by atoms with E-state index < -0.39 is 11.5 Å². The molecule has 0 aliphatic heterocycles. The summed E-state index contributed by atoms with van der Waals surface area (Å²) in [5.74, 6) is -0.399. The number of carbonyl (C=O) groups excluding carboxylic acids is 1. The number of amides is 1. The number of hydrogen-bond donors (Lipinski definition) is 1. The summed E-state index contributed by atoms with van der Waals surface area (Å²) in [6.07, 6.45) is 6.48. The lowest BCUT2D eigenvalue weighted by molar-refractivity contribution is 0.0930. The Morgan fingerprint density at radius 2 is 1.78 bits per heavy atom. The molecular formula is C17H17Cl2NO3. The lowest BCUT2D eigenvalue weighted by Gasteiger charge is -2.15. The molecular weight excluding hydrogens is 337 g/mol.